The monoisotopic (exact) mass is 348 g/mol. The Kier molecular flexibility index (Phi) is 5.30. The van der Waals surface area contributed by atoms with Gasteiger partial charge in [0.1, 0.15) is 24.3 Å². The van der Waals surface area contributed by atoms with Crippen LogP contribution in [0.1, 0.15) is 17.0 Å². The third-order valence-corrected chi connectivity index (χ3v) is 3.92. The van der Waals surface area contributed by atoms with Crippen LogP contribution in [0.2, 0.25) is 0 Å². The first kappa shape index (κ1) is 17.6. The number of hydrogen-bond donors (Lipinski definition) is 1. The standard InChI is InChI=1S/C20H20N4O2/c1-14-5-3-8-19(9-14)26-13-18(25)12-24-15(2)22-20(23-24)17-7-4-6-16(10-17)11-21/h3-10,18,25H,12-13H2,1-2H3. The molecule has 0 amide bonds. The number of rotatable bonds is 6. The molecule has 3 rings (SSSR count). The molecule has 1 heterocycles. The lowest BCUT2D eigenvalue weighted by atomic mass is 10.1. The van der Waals surface area contributed by atoms with E-state index in [1.807, 2.05) is 44.2 Å². The van der Waals surface area contributed by atoms with Gasteiger partial charge in [-0.15, -0.1) is 0 Å². The van der Waals surface area contributed by atoms with E-state index >= 15 is 0 Å². The molecule has 0 saturated carbocycles. The SMILES string of the molecule is Cc1cccc(OCC(O)Cn2nc(-c3cccc(C#N)c3)nc2C)c1. The molecule has 0 fully saturated rings. The largest absolute Gasteiger partial charge is 0.491 e. The quantitative estimate of drug-likeness (QED) is 0.740. The minimum atomic E-state index is -0.714. The van der Waals surface area contributed by atoms with E-state index in [0.29, 0.717) is 17.2 Å². The third kappa shape index (κ3) is 4.26. The lowest BCUT2D eigenvalue weighted by molar-refractivity contribution is 0.0887. The molecule has 0 radical (unpaired) electrons. The molecule has 0 bridgehead atoms. The Labute approximate surface area is 152 Å². The molecular formula is C20H20N4O2. The van der Waals surface area contributed by atoms with Crippen molar-refractivity contribution in [3.05, 3.63) is 65.5 Å². The van der Waals surface area contributed by atoms with Gasteiger partial charge in [0.15, 0.2) is 5.82 Å². The highest BCUT2D eigenvalue weighted by molar-refractivity contribution is 5.57. The number of aryl methyl sites for hydroxylation is 2. The summed E-state index contributed by atoms with van der Waals surface area (Å²) in [6.07, 6.45) is -0.714. The van der Waals surface area contributed by atoms with Crippen molar-refractivity contribution in [1.82, 2.24) is 14.8 Å². The first-order chi connectivity index (χ1) is 12.5. The maximum absolute atomic E-state index is 10.3. The number of nitrogens with zero attached hydrogens (tertiary/aromatic N) is 4. The van der Waals surface area contributed by atoms with Crippen molar-refractivity contribution in [1.29, 1.82) is 5.26 Å². The maximum Gasteiger partial charge on any atom is 0.181 e. The maximum atomic E-state index is 10.3. The van der Waals surface area contributed by atoms with Crippen LogP contribution in [-0.4, -0.2) is 32.6 Å². The summed E-state index contributed by atoms with van der Waals surface area (Å²) in [7, 11) is 0. The normalized spacial score (nSPS) is 11.8. The molecule has 6 heteroatoms. The molecule has 1 unspecified atom stereocenters. The predicted molar refractivity (Wildman–Crippen MR) is 97.6 cm³/mol. The highest BCUT2D eigenvalue weighted by atomic mass is 16.5. The van der Waals surface area contributed by atoms with Gasteiger partial charge in [-0.25, -0.2) is 9.67 Å². The number of nitriles is 1. The summed E-state index contributed by atoms with van der Waals surface area (Å²) < 4.78 is 7.29. The fourth-order valence-electron chi connectivity index (χ4n) is 2.59. The van der Waals surface area contributed by atoms with Gasteiger partial charge in [-0.3, -0.25) is 0 Å². The van der Waals surface area contributed by atoms with Gasteiger partial charge in [0.2, 0.25) is 0 Å². The van der Waals surface area contributed by atoms with Gasteiger partial charge in [-0.2, -0.15) is 10.4 Å². The van der Waals surface area contributed by atoms with Crippen molar-refractivity contribution < 1.29 is 9.84 Å². The summed E-state index contributed by atoms with van der Waals surface area (Å²) in [5.41, 5.74) is 2.44. The molecule has 26 heavy (non-hydrogen) atoms. The summed E-state index contributed by atoms with van der Waals surface area (Å²) in [5, 5.41) is 23.7. The lowest BCUT2D eigenvalue weighted by Gasteiger charge is -2.13. The topological polar surface area (TPSA) is 84.0 Å². The number of benzene rings is 2. The Balaban J connectivity index is 1.66. The van der Waals surface area contributed by atoms with Crippen LogP contribution in [0.25, 0.3) is 11.4 Å². The van der Waals surface area contributed by atoms with E-state index in [1.54, 1.807) is 22.9 Å². The highest BCUT2D eigenvalue weighted by Crippen LogP contribution is 2.17. The van der Waals surface area contributed by atoms with E-state index in [-0.39, 0.29) is 13.2 Å². The fraction of sp³-hybridized carbons (Fsp3) is 0.250. The van der Waals surface area contributed by atoms with Gasteiger partial charge in [-0.1, -0.05) is 24.3 Å². The molecular weight excluding hydrogens is 328 g/mol. The van der Waals surface area contributed by atoms with Gasteiger partial charge < -0.3 is 9.84 Å². The van der Waals surface area contributed by atoms with Crippen LogP contribution in [0, 0.1) is 25.2 Å². The highest BCUT2D eigenvalue weighted by Gasteiger charge is 2.13. The molecule has 1 atom stereocenters. The smallest absolute Gasteiger partial charge is 0.181 e. The first-order valence-electron chi connectivity index (χ1n) is 8.34. The molecule has 3 aromatic rings. The van der Waals surface area contributed by atoms with Crippen molar-refractivity contribution in [3.63, 3.8) is 0 Å². The second kappa shape index (κ2) is 7.81. The average molecular weight is 348 g/mol. The van der Waals surface area contributed by atoms with Crippen LogP contribution in [0.4, 0.5) is 0 Å². The molecule has 6 nitrogen and oxygen atoms in total. The molecule has 1 N–H and O–H groups in total. The van der Waals surface area contributed by atoms with Crippen LogP contribution < -0.4 is 4.74 Å². The van der Waals surface area contributed by atoms with Gasteiger partial charge in [0, 0.05) is 5.56 Å². The van der Waals surface area contributed by atoms with Gasteiger partial charge in [0.05, 0.1) is 18.2 Å². The molecule has 132 valence electrons. The summed E-state index contributed by atoms with van der Waals surface area (Å²) >= 11 is 0. The number of aliphatic hydroxyl groups excluding tert-OH is 1. The Hall–Kier alpha value is -3.17. The predicted octanol–water partition coefficient (Wildman–Crippen LogP) is 2.87. The van der Waals surface area contributed by atoms with Gasteiger partial charge >= 0.3 is 0 Å². The molecule has 0 spiro atoms. The number of aliphatic hydroxyl groups is 1. The second-order valence-corrected chi connectivity index (χ2v) is 6.14. The fourth-order valence-corrected chi connectivity index (χ4v) is 2.59. The third-order valence-electron chi connectivity index (χ3n) is 3.92. The second-order valence-electron chi connectivity index (χ2n) is 6.14. The minimum absolute atomic E-state index is 0.169. The Morgan fingerprint density at radius 1 is 1.19 bits per heavy atom. The van der Waals surface area contributed by atoms with Crippen molar-refractivity contribution in [3.8, 4) is 23.2 Å². The average Bonchev–Trinajstić information content (AvgIpc) is 3.01. The van der Waals surface area contributed by atoms with Crippen LogP contribution >= 0.6 is 0 Å². The van der Waals surface area contributed by atoms with E-state index in [9.17, 15) is 5.11 Å². The Morgan fingerprint density at radius 2 is 2.00 bits per heavy atom. The van der Waals surface area contributed by atoms with E-state index in [0.717, 1.165) is 16.9 Å². The van der Waals surface area contributed by atoms with E-state index in [1.165, 1.54) is 0 Å². The number of ether oxygens (including phenoxy) is 1. The van der Waals surface area contributed by atoms with Crippen molar-refractivity contribution in [2.24, 2.45) is 0 Å². The number of hydrogen-bond acceptors (Lipinski definition) is 5. The molecule has 0 aliphatic carbocycles. The molecule has 2 aromatic carbocycles. The van der Waals surface area contributed by atoms with Gasteiger partial charge in [0.25, 0.3) is 0 Å². The zero-order valence-corrected chi connectivity index (χ0v) is 14.8. The van der Waals surface area contributed by atoms with E-state index in [4.69, 9.17) is 10.00 Å². The first-order valence-corrected chi connectivity index (χ1v) is 8.34. The summed E-state index contributed by atoms with van der Waals surface area (Å²) in [4.78, 5) is 4.43. The minimum Gasteiger partial charge on any atom is -0.491 e. The number of aromatic nitrogens is 3. The van der Waals surface area contributed by atoms with E-state index < -0.39 is 6.10 Å². The molecule has 0 saturated heterocycles. The van der Waals surface area contributed by atoms with Crippen molar-refractivity contribution in [2.45, 2.75) is 26.5 Å². The van der Waals surface area contributed by atoms with Crippen molar-refractivity contribution in [2.75, 3.05) is 6.61 Å². The van der Waals surface area contributed by atoms with Crippen LogP contribution in [0.15, 0.2) is 48.5 Å². The molecule has 1 aromatic heterocycles. The lowest BCUT2D eigenvalue weighted by Crippen LogP contribution is -2.24. The summed E-state index contributed by atoms with van der Waals surface area (Å²) in [6.45, 7) is 4.27. The van der Waals surface area contributed by atoms with E-state index in [2.05, 4.69) is 16.2 Å². The zero-order chi connectivity index (χ0) is 18.5. The zero-order valence-electron chi connectivity index (χ0n) is 14.8. The van der Waals surface area contributed by atoms with Gasteiger partial charge in [-0.05, 0) is 43.7 Å². The Morgan fingerprint density at radius 3 is 2.77 bits per heavy atom. The Bertz CT molecular complexity index is 943. The molecule has 0 aliphatic heterocycles. The summed E-state index contributed by atoms with van der Waals surface area (Å²) in [5.74, 6) is 1.96. The summed E-state index contributed by atoms with van der Waals surface area (Å²) in [6, 6.07) is 16.9. The van der Waals surface area contributed by atoms with Crippen molar-refractivity contribution >= 4 is 0 Å². The van der Waals surface area contributed by atoms with Crippen LogP contribution in [-0.2, 0) is 6.54 Å². The van der Waals surface area contributed by atoms with Crippen LogP contribution in [0.5, 0.6) is 5.75 Å². The molecule has 0 aliphatic rings. The van der Waals surface area contributed by atoms with Crippen LogP contribution in [0.3, 0.4) is 0 Å².